The van der Waals surface area contributed by atoms with Crippen LogP contribution in [0.2, 0.25) is 0 Å². The Labute approximate surface area is 116 Å². The Morgan fingerprint density at radius 3 is 2.79 bits per heavy atom. The zero-order valence-corrected chi connectivity index (χ0v) is 11.4. The molecule has 0 saturated heterocycles. The largest absolute Gasteiger partial charge is 0.489 e. The van der Waals surface area contributed by atoms with Crippen LogP contribution >= 0.6 is 15.9 Å². The number of nitrogens with one attached hydrogen (secondary N) is 1. The van der Waals surface area contributed by atoms with Crippen LogP contribution < -0.4 is 20.7 Å². The first-order valence-electron chi connectivity index (χ1n) is 5.14. The van der Waals surface area contributed by atoms with Crippen LogP contribution in [0.1, 0.15) is 0 Å². The molecule has 0 aliphatic rings. The first-order valence-corrected chi connectivity index (χ1v) is 5.93. The Morgan fingerprint density at radius 2 is 2.16 bits per heavy atom. The van der Waals surface area contributed by atoms with Gasteiger partial charge in [0.05, 0.1) is 7.11 Å². The molecule has 1 aromatic heterocycles. The van der Waals surface area contributed by atoms with Crippen LogP contribution in [-0.4, -0.2) is 17.1 Å². The zero-order chi connectivity index (χ0) is 13.8. The van der Waals surface area contributed by atoms with Gasteiger partial charge in [-0.05, 0) is 18.2 Å². The quantitative estimate of drug-likeness (QED) is 0.662. The number of nitrogens with two attached hydrogens (primary N) is 1. The maximum atomic E-state index is 13.7. The Bertz CT molecular complexity index is 597. The Balaban J connectivity index is 2.37. The Kier molecular flexibility index (Phi) is 4.13. The molecule has 0 bridgehead atoms. The summed E-state index contributed by atoms with van der Waals surface area (Å²) in [5, 5.41) is 0. The number of nitrogens with zero attached hydrogens (tertiary/aromatic N) is 2. The number of benzene rings is 1. The van der Waals surface area contributed by atoms with Gasteiger partial charge in [-0.1, -0.05) is 15.9 Å². The number of aromatic nitrogens is 2. The predicted octanol–water partition coefficient (Wildman–Crippen LogP) is 2.46. The summed E-state index contributed by atoms with van der Waals surface area (Å²) in [4.78, 5) is 7.74. The second kappa shape index (κ2) is 5.81. The van der Waals surface area contributed by atoms with E-state index in [9.17, 15) is 4.39 Å². The van der Waals surface area contributed by atoms with E-state index in [2.05, 4.69) is 31.3 Å². The first-order chi connectivity index (χ1) is 9.15. The van der Waals surface area contributed by atoms with Gasteiger partial charge in [-0.2, -0.15) is 4.98 Å². The molecule has 0 aliphatic heterocycles. The molecule has 19 heavy (non-hydrogen) atoms. The van der Waals surface area contributed by atoms with E-state index < -0.39 is 5.82 Å². The molecule has 0 fully saturated rings. The van der Waals surface area contributed by atoms with Gasteiger partial charge in [0.15, 0.2) is 17.4 Å². The molecule has 6 nitrogen and oxygen atoms in total. The summed E-state index contributed by atoms with van der Waals surface area (Å²) in [6.07, 6.45) is 1.23. The summed E-state index contributed by atoms with van der Waals surface area (Å²) in [7, 11) is 1.41. The topological polar surface area (TPSA) is 82.3 Å². The second-order valence-corrected chi connectivity index (χ2v) is 4.30. The van der Waals surface area contributed by atoms with Crippen molar-refractivity contribution in [3.63, 3.8) is 0 Å². The van der Waals surface area contributed by atoms with E-state index >= 15 is 0 Å². The molecule has 100 valence electrons. The number of hydrazine groups is 1. The summed E-state index contributed by atoms with van der Waals surface area (Å²) in [5.41, 5.74) is 2.34. The van der Waals surface area contributed by atoms with Crippen molar-refractivity contribution < 1.29 is 13.9 Å². The molecular weight excluding hydrogens is 319 g/mol. The smallest absolute Gasteiger partial charge is 0.268 e. The number of methoxy groups -OCH3 is 1. The van der Waals surface area contributed by atoms with Crippen LogP contribution in [0, 0.1) is 5.82 Å². The Morgan fingerprint density at radius 1 is 1.37 bits per heavy atom. The molecule has 0 amide bonds. The van der Waals surface area contributed by atoms with Crippen molar-refractivity contribution in [2.24, 2.45) is 5.84 Å². The summed E-state index contributed by atoms with van der Waals surface area (Å²) >= 11 is 3.16. The van der Waals surface area contributed by atoms with Crippen molar-refractivity contribution in [2.75, 3.05) is 12.5 Å². The van der Waals surface area contributed by atoms with E-state index in [1.165, 1.54) is 25.6 Å². The third-order valence-electron chi connectivity index (χ3n) is 2.21. The normalized spacial score (nSPS) is 10.1. The molecule has 1 heterocycles. The first kappa shape index (κ1) is 13.5. The second-order valence-electron chi connectivity index (χ2n) is 3.38. The number of nitrogen functional groups attached to an aromatic ring is 1. The van der Waals surface area contributed by atoms with Gasteiger partial charge >= 0.3 is 0 Å². The van der Waals surface area contributed by atoms with Crippen LogP contribution in [0.25, 0.3) is 0 Å². The minimum Gasteiger partial charge on any atom is -0.489 e. The van der Waals surface area contributed by atoms with Crippen molar-refractivity contribution in [2.45, 2.75) is 0 Å². The fourth-order valence-electron chi connectivity index (χ4n) is 1.38. The van der Waals surface area contributed by atoms with Gasteiger partial charge in [0.1, 0.15) is 6.33 Å². The van der Waals surface area contributed by atoms with E-state index in [1.807, 2.05) is 0 Å². The van der Waals surface area contributed by atoms with Gasteiger partial charge in [-0.25, -0.2) is 15.2 Å². The van der Waals surface area contributed by atoms with Crippen LogP contribution in [0.3, 0.4) is 0 Å². The van der Waals surface area contributed by atoms with Crippen LogP contribution in [0.5, 0.6) is 17.4 Å². The van der Waals surface area contributed by atoms with Crippen molar-refractivity contribution in [1.29, 1.82) is 0 Å². The monoisotopic (exact) mass is 328 g/mol. The predicted molar refractivity (Wildman–Crippen MR) is 70.6 cm³/mol. The third-order valence-corrected chi connectivity index (χ3v) is 2.71. The highest BCUT2D eigenvalue weighted by Crippen LogP contribution is 2.34. The van der Waals surface area contributed by atoms with Crippen LogP contribution in [-0.2, 0) is 0 Å². The molecular formula is C11H10BrFN4O2. The van der Waals surface area contributed by atoms with Gasteiger partial charge in [-0.15, -0.1) is 0 Å². The zero-order valence-electron chi connectivity index (χ0n) is 9.85. The molecule has 0 radical (unpaired) electrons. The molecule has 0 atom stereocenters. The van der Waals surface area contributed by atoms with E-state index in [4.69, 9.17) is 15.3 Å². The summed E-state index contributed by atoms with van der Waals surface area (Å²) in [6, 6.07) is 4.40. The van der Waals surface area contributed by atoms with Crippen LogP contribution in [0.15, 0.2) is 29.0 Å². The number of halogens is 2. The molecule has 8 heteroatoms. The summed E-state index contributed by atoms with van der Waals surface area (Å²) < 4.78 is 24.7. The lowest BCUT2D eigenvalue weighted by atomic mass is 10.3. The number of anilines is 1. The SMILES string of the molecule is COc1c(NN)ncnc1Oc1ccc(Br)cc1F. The number of hydrogen-bond donors (Lipinski definition) is 2. The van der Waals surface area contributed by atoms with E-state index in [-0.39, 0.29) is 23.2 Å². The lowest BCUT2D eigenvalue weighted by Crippen LogP contribution is -2.11. The van der Waals surface area contributed by atoms with Crippen molar-refractivity contribution in [1.82, 2.24) is 9.97 Å². The highest BCUT2D eigenvalue weighted by Gasteiger charge is 2.15. The van der Waals surface area contributed by atoms with Gasteiger partial charge in [0.2, 0.25) is 5.75 Å². The minimum atomic E-state index is -0.530. The molecule has 3 N–H and O–H groups in total. The van der Waals surface area contributed by atoms with E-state index in [1.54, 1.807) is 6.07 Å². The van der Waals surface area contributed by atoms with Crippen molar-refractivity contribution >= 4 is 21.7 Å². The van der Waals surface area contributed by atoms with Crippen LogP contribution in [0.4, 0.5) is 10.2 Å². The standard InChI is InChI=1S/C11H10BrFN4O2/c1-18-9-10(17-14)15-5-16-11(9)19-8-3-2-6(12)4-7(8)13/h2-5H,14H2,1H3,(H,15,16,17). The van der Waals surface area contributed by atoms with Gasteiger partial charge in [0, 0.05) is 4.47 Å². The molecule has 0 spiro atoms. The lowest BCUT2D eigenvalue weighted by molar-refractivity contribution is 0.360. The van der Waals surface area contributed by atoms with Gasteiger partial charge in [0.25, 0.3) is 5.88 Å². The van der Waals surface area contributed by atoms with E-state index in [0.29, 0.717) is 4.47 Å². The average molecular weight is 329 g/mol. The Hall–Kier alpha value is -1.93. The maximum absolute atomic E-state index is 13.7. The number of rotatable bonds is 4. The molecule has 0 aliphatic carbocycles. The van der Waals surface area contributed by atoms with Crippen molar-refractivity contribution in [3.8, 4) is 17.4 Å². The number of hydrogen-bond acceptors (Lipinski definition) is 6. The van der Waals surface area contributed by atoms with E-state index in [0.717, 1.165) is 0 Å². The summed E-state index contributed by atoms with van der Waals surface area (Å²) in [5.74, 6) is 5.26. The molecule has 2 rings (SSSR count). The third kappa shape index (κ3) is 2.91. The lowest BCUT2D eigenvalue weighted by Gasteiger charge is -2.11. The van der Waals surface area contributed by atoms with Gasteiger partial charge < -0.3 is 14.9 Å². The average Bonchev–Trinajstić information content (AvgIpc) is 2.41. The summed E-state index contributed by atoms with van der Waals surface area (Å²) in [6.45, 7) is 0. The molecule has 0 saturated carbocycles. The van der Waals surface area contributed by atoms with Gasteiger partial charge in [-0.3, -0.25) is 0 Å². The highest BCUT2D eigenvalue weighted by atomic mass is 79.9. The molecule has 0 unspecified atom stereocenters. The maximum Gasteiger partial charge on any atom is 0.268 e. The fourth-order valence-corrected chi connectivity index (χ4v) is 1.71. The minimum absolute atomic E-state index is 0.0168. The van der Waals surface area contributed by atoms with Crippen molar-refractivity contribution in [3.05, 3.63) is 34.8 Å². The number of ether oxygens (including phenoxy) is 2. The fraction of sp³-hybridized carbons (Fsp3) is 0.0909. The molecule has 2 aromatic rings. The molecule has 1 aromatic carbocycles. The highest BCUT2D eigenvalue weighted by molar-refractivity contribution is 9.10.